The molecule has 257 valence electrons. The summed E-state index contributed by atoms with van der Waals surface area (Å²) in [6.07, 6.45) is 0.672. The third-order valence-electron chi connectivity index (χ3n) is 7.29. The van der Waals surface area contributed by atoms with Gasteiger partial charge in [0.25, 0.3) is 0 Å². The van der Waals surface area contributed by atoms with Crippen molar-refractivity contribution >= 4 is 19.9 Å². The van der Waals surface area contributed by atoms with E-state index in [0.717, 1.165) is 22.3 Å². The first-order valence-corrected chi connectivity index (χ1v) is 16.7. The molecule has 8 nitrogen and oxygen atoms in total. The minimum absolute atomic E-state index is 0.332. The van der Waals surface area contributed by atoms with Gasteiger partial charge in [0.15, 0.2) is 0 Å². The van der Waals surface area contributed by atoms with Crippen molar-refractivity contribution in [1.29, 1.82) is 0 Å². The lowest BCUT2D eigenvalue weighted by Gasteiger charge is -2.27. The number of carbonyl (C=O) groups is 2. The molecule has 0 aliphatic carbocycles. The maximum absolute atomic E-state index is 12.9. The molecule has 2 amide bonds. The molecule has 0 saturated heterocycles. The Morgan fingerprint density at radius 3 is 1.18 bits per heavy atom. The van der Waals surface area contributed by atoms with Crippen LogP contribution in [0.2, 0.25) is 0 Å². The van der Waals surface area contributed by atoms with Crippen molar-refractivity contribution in [3.63, 3.8) is 0 Å². The number of ether oxygens (including phenoxy) is 2. The van der Waals surface area contributed by atoms with Crippen LogP contribution in [0.15, 0.2) is 109 Å². The molecule has 0 saturated carbocycles. The van der Waals surface area contributed by atoms with Crippen molar-refractivity contribution in [2.24, 2.45) is 0 Å². The summed E-state index contributed by atoms with van der Waals surface area (Å²) < 4.78 is 22.7. The van der Waals surface area contributed by atoms with Crippen molar-refractivity contribution in [3.05, 3.63) is 131 Å². The van der Waals surface area contributed by atoms with Crippen LogP contribution >= 0.6 is 0 Å². The highest BCUT2D eigenvalue weighted by Gasteiger charge is 2.23. The molecular formula is C40H48BN2O6. The average Bonchev–Trinajstić information content (AvgIpc) is 3.05. The van der Waals surface area contributed by atoms with Crippen LogP contribution in [-0.4, -0.2) is 54.0 Å². The number of benzene rings is 4. The maximum atomic E-state index is 12.9. The van der Waals surface area contributed by atoms with Gasteiger partial charge in [-0.3, -0.25) is 0 Å². The molecule has 4 aromatic rings. The van der Waals surface area contributed by atoms with E-state index in [2.05, 4.69) is 0 Å². The van der Waals surface area contributed by atoms with Crippen LogP contribution in [0.5, 0.6) is 11.5 Å². The summed E-state index contributed by atoms with van der Waals surface area (Å²) in [4.78, 5) is 29.3. The van der Waals surface area contributed by atoms with Crippen molar-refractivity contribution in [2.45, 2.75) is 78.7 Å². The third kappa shape index (κ3) is 13.6. The van der Waals surface area contributed by atoms with Gasteiger partial charge in [-0.05, 0) is 101 Å². The van der Waals surface area contributed by atoms with Crippen LogP contribution in [0, 0.1) is 0 Å². The van der Waals surface area contributed by atoms with E-state index in [1.54, 1.807) is 9.80 Å². The zero-order valence-electron chi connectivity index (χ0n) is 29.6. The van der Waals surface area contributed by atoms with Gasteiger partial charge in [-0.25, -0.2) is 9.59 Å². The first-order valence-electron chi connectivity index (χ1n) is 16.7. The van der Waals surface area contributed by atoms with Crippen LogP contribution in [0.25, 0.3) is 0 Å². The van der Waals surface area contributed by atoms with Crippen LogP contribution in [0.1, 0.15) is 63.8 Å². The van der Waals surface area contributed by atoms with Crippen LogP contribution in [0.3, 0.4) is 0 Å². The van der Waals surface area contributed by atoms with Crippen LogP contribution < -0.4 is 9.31 Å². The van der Waals surface area contributed by atoms with Gasteiger partial charge in [-0.15, -0.1) is 0 Å². The molecule has 0 spiro atoms. The summed E-state index contributed by atoms with van der Waals surface area (Å²) in [6, 6.07) is 35.2. The number of nitrogens with zero attached hydrogens (tertiary/aromatic N) is 2. The summed E-state index contributed by atoms with van der Waals surface area (Å²) in [5.74, 6) is 1.27. The minimum Gasteiger partial charge on any atom is -0.526 e. The predicted octanol–water partition coefficient (Wildman–Crippen LogP) is 8.64. The van der Waals surface area contributed by atoms with Crippen molar-refractivity contribution in [1.82, 2.24) is 9.80 Å². The van der Waals surface area contributed by atoms with E-state index in [-0.39, 0.29) is 12.2 Å². The number of rotatable bonds is 14. The molecule has 0 aromatic heterocycles. The summed E-state index contributed by atoms with van der Waals surface area (Å²) in [5, 5.41) is 0. The number of hydrogen-bond acceptors (Lipinski definition) is 6. The molecule has 0 aliphatic heterocycles. The number of hydrogen-bond donors (Lipinski definition) is 0. The monoisotopic (exact) mass is 663 g/mol. The molecule has 49 heavy (non-hydrogen) atoms. The standard InChI is InChI=1S/C40H48BN2O6/c1-39(2,3)46-37(44)42(29-33-13-9-7-10-14-33)27-25-31-17-21-35(22-18-31)48-41-49-36-23-19-32(20-24-36)26-28-43(38(45)47-40(4,5)6)30-34-15-11-8-12-16-34/h7-24H,25-30H2,1-6H3. The fraction of sp³-hybridized carbons (Fsp3) is 0.350. The lowest BCUT2D eigenvalue weighted by atomic mass is 10.1. The van der Waals surface area contributed by atoms with E-state index in [4.69, 9.17) is 18.8 Å². The second-order valence-electron chi connectivity index (χ2n) is 13.9. The van der Waals surface area contributed by atoms with Gasteiger partial charge in [-0.1, -0.05) is 84.9 Å². The molecule has 4 rings (SSSR count). The molecule has 0 atom stereocenters. The average molecular weight is 664 g/mol. The van der Waals surface area contributed by atoms with Gasteiger partial charge in [0.05, 0.1) is 0 Å². The van der Waals surface area contributed by atoms with Crippen molar-refractivity contribution < 1.29 is 28.4 Å². The van der Waals surface area contributed by atoms with Gasteiger partial charge in [0.1, 0.15) is 22.7 Å². The second kappa shape index (κ2) is 17.5. The molecular weight excluding hydrogens is 615 g/mol. The first kappa shape index (κ1) is 36.9. The highest BCUT2D eigenvalue weighted by atomic mass is 16.6. The van der Waals surface area contributed by atoms with E-state index in [1.165, 1.54) is 7.69 Å². The Bertz CT molecular complexity index is 1460. The SMILES string of the molecule is CC(C)(C)OC(=O)N(CCc1ccc(O[B]Oc2ccc(CCN(Cc3ccccc3)C(=O)OC(C)(C)C)cc2)cc1)Cc1ccccc1. The fourth-order valence-electron chi connectivity index (χ4n) is 4.86. The summed E-state index contributed by atoms with van der Waals surface area (Å²) in [7, 11) is 1.30. The zero-order valence-corrected chi connectivity index (χ0v) is 29.6. The molecule has 0 fully saturated rings. The number of carbonyl (C=O) groups excluding carboxylic acids is 2. The van der Waals surface area contributed by atoms with E-state index in [9.17, 15) is 9.59 Å². The van der Waals surface area contributed by atoms with Gasteiger partial charge >= 0.3 is 19.9 Å². The summed E-state index contributed by atoms with van der Waals surface area (Å²) >= 11 is 0. The Morgan fingerprint density at radius 1 is 0.510 bits per heavy atom. The molecule has 1 radical (unpaired) electrons. The van der Waals surface area contributed by atoms with Gasteiger partial charge in [0.2, 0.25) is 0 Å². The molecule has 4 aromatic carbocycles. The molecule has 0 unspecified atom stereocenters. The van der Waals surface area contributed by atoms with Crippen LogP contribution in [-0.2, 0) is 35.4 Å². The highest BCUT2D eigenvalue weighted by Crippen LogP contribution is 2.19. The van der Waals surface area contributed by atoms with Crippen LogP contribution in [0.4, 0.5) is 9.59 Å². The zero-order chi connectivity index (χ0) is 35.3. The quantitative estimate of drug-likeness (QED) is 0.126. The Morgan fingerprint density at radius 2 is 0.857 bits per heavy atom. The molecule has 0 heterocycles. The molecule has 9 heteroatoms. The van der Waals surface area contributed by atoms with E-state index in [0.29, 0.717) is 50.5 Å². The van der Waals surface area contributed by atoms with Gasteiger partial charge in [0, 0.05) is 26.2 Å². The largest absolute Gasteiger partial charge is 0.658 e. The minimum atomic E-state index is -0.570. The van der Waals surface area contributed by atoms with E-state index in [1.807, 2.05) is 151 Å². The Labute approximate surface area is 292 Å². The topological polar surface area (TPSA) is 77.5 Å². The smallest absolute Gasteiger partial charge is 0.526 e. The lowest BCUT2D eigenvalue weighted by molar-refractivity contribution is 0.0225. The highest BCUT2D eigenvalue weighted by molar-refractivity contribution is 6.20. The van der Waals surface area contributed by atoms with E-state index >= 15 is 0 Å². The predicted molar refractivity (Wildman–Crippen MR) is 193 cm³/mol. The Balaban J connectivity index is 1.24. The van der Waals surface area contributed by atoms with E-state index < -0.39 is 11.2 Å². The first-order chi connectivity index (χ1) is 23.3. The Kier molecular flexibility index (Phi) is 13.2. The lowest BCUT2D eigenvalue weighted by Crippen LogP contribution is -2.37. The fourth-order valence-corrected chi connectivity index (χ4v) is 4.86. The summed E-state index contributed by atoms with van der Waals surface area (Å²) in [6.45, 7) is 13.2. The van der Waals surface area contributed by atoms with Crippen molar-refractivity contribution in [3.8, 4) is 11.5 Å². The summed E-state index contributed by atoms with van der Waals surface area (Å²) in [5.41, 5.74) is 3.09. The van der Waals surface area contributed by atoms with Gasteiger partial charge < -0.3 is 28.6 Å². The molecule has 0 aliphatic rings. The third-order valence-corrected chi connectivity index (χ3v) is 7.29. The molecule has 0 N–H and O–H groups in total. The maximum Gasteiger partial charge on any atom is 0.658 e. The molecule has 0 bridgehead atoms. The second-order valence-corrected chi connectivity index (χ2v) is 13.9. The van der Waals surface area contributed by atoms with Gasteiger partial charge in [-0.2, -0.15) is 0 Å². The van der Waals surface area contributed by atoms with Crippen molar-refractivity contribution in [2.75, 3.05) is 13.1 Å². The normalized spacial score (nSPS) is 11.3. The number of amides is 2. The Hall–Kier alpha value is -4.92.